The van der Waals surface area contributed by atoms with Crippen LogP contribution in [0.1, 0.15) is 33.4 Å². The molecule has 2 heterocycles. The highest BCUT2D eigenvalue weighted by Crippen LogP contribution is 2.32. The molecule has 4 aromatic carbocycles. The summed E-state index contributed by atoms with van der Waals surface area (Å²) in [6.07, 6.45) is 0. The minimum absolute atomic E-state index is 0.155. The van der Waals surface area contributed by atoms with E-state index in [1.165, 1.54) is 38.9 Å². The number of hydrogen-bond acceptors (Lipinski definition) is 2. The summed E-state index contributed by atoms with van der Waals surface area (Å²) in [5.74, 6) is 0.384. The van der Waals surface area contributed by atoms with Gasteiger partial charge in [0.25, 0.3) is 0 Å². The number of rotatable bonds is 4. The maximum atomic E-state index is 14.5. The summed E-state index contributed by atoms with van der Waals surface area (Å²) in [5.41, 5.74) is 13.1. The first-order valence-corrected chi connectivity index (χ1v) is 14.1. The standard InChI is InChI=1S/C36H32BF2N3/c1-21-15-23(3)35(24(4)16-21)29-7-11-31-27(19-29)9-13-33(40-31)41-34-14-10-28-20-30(8-12-32(28)42(34)37(38)39)36-25(5)17-22(2)18-26(36)6/h7-20H,1-6H3/b41-34-. The molecule has 2 aromatic heterocycles. The zero-order valence-electron chi connectivity index (χ0n) is 24.8. The number of benzene rings is 4. The highest BCUT2D eigenvalue weighted by atomic mass is 19.2. The third kappa shape index (κ3) is 5.02. The fourth-order valence-corrected chi connectivity index (χ4v) is 6.45. The largest absolute Gasteiger partial charge is 0.679 e. The molecule has 0 aliphatic rings. The smallest absolute Gasteiger partial charge is 0.310 e. The number of aromatic nitrogens is 2. The lowest BCUT2D eigenvalue weighted by Gasteiger charge is -2.14. The number of fused-ring (bicyclic) bond motifs is 2. The Labute approximate surface area is 245 Å². The van der Waals surface area contributed by atoms with Crippen molar-refractivity contribution in [1.29, 1.82) is 0 Å². The van der Waals surface area contributed by atoms with Crippen molar-refractivity contribution >= 4 is 35.0 Å². The number of halogens is 2. The molecule has 0 saturated heterocycles. The van der Waals surface area contributed by atoms with Gasteiger partial charge in [-0.25, -0.2) is 9.98 Å². The van der Waals surface area contributed by atoms with E-state index in [0.29, 0.717) is 11.3 Å². The Balaban J connectivity index is 1.42. The van der Waals surface area contributed by atoms with Crippen LogP contribution in [0, 0.1) is 41.5 Å². The topological polar surface area (TPSA) is 30.2 Å². The van der Waals surface area contributed by atoms with Crippen LogP contribution in [0.25, 0.3) is 44.1 Å². The molecule has 0 unspecified atom stereocenters. The Morgan fingerprint density at radius 2 is 1.12 bits per heavy atom. The van der Waals surface area contributed by atoms with Crippen LogP contribution < -0.4 is 5.49 Å². The van der Waals surface area contributed by atoms with E-state index < -0.39 is 7.40 Å². The molecule has 0 bridgehead atoms. The van der Waals surface area contributed by atoms with Gasteiger partial charge in [0.05, 0.1) is 5.52 Å². The van der Waals surface area contributed by atoms with Gasteiger partial charge < -0.3 is 4.48 Å². The highest BCUT2D eigenvalue weighted by molar-refractivity contribution is 6.42. The zero-order chi connectivity index (χ0) is 29.7. The van der Waals surface area contributed by atoms with Gasteiger partial charge in [0.15, 0.2) is 5.82 Å². The van der Waals surface area contributed by atoms with Crippen LogP contribution in [-0.2, 0) is 0 Å². The van der Waals surface area contributed by atoms with Crippen molar-refractivity contribution in [2.75, 3.05) is 0 Å². The van der Waals surface area contributed by atoms with Crippen molar-refractivity contribution in [3.8, 4) is 22.3 Å². The van der Waals surface area contributed by atoms with Crippen molar-refractivity contribution in [1.82, 2.24) is 9.46 Å². The molecular weight excluding hydrogens is 523 g/mol. The Kier molecular flexibility index (Phi) is 7.01. The molecule has 0 aliphatic carbocycles. The van der Waals surface area contributed by atoms with Gasteiger partial charge in [-0.15, -0.1) is 0 Å². The number of aryl methyl sites for hydroxylation is 6. The van der Waals surface area contributed by atoms with Gasteiger partial charge in [0.1, 0.15) is 5.49 Å². The maximum Gasteiger partial charge on any atom is 0.679 e. The molecule has 0 saturated carbocycles. The van der Waals surface area contributed by atoms with Crippen molar-refractivity contribution in [2.45, 2.75) is 41.5 Å². The van der Waals surface area contributed by atoms with E-state index in [1.54, 1.807) is 18.2 Å². The van der Waals surface area contributed by atoms with Crippen LogP contribution in [0.2, 0.25) is 0 Å². The number of pyridine rings is 2. The van der Waals surface area contributed by atoms with Crippen LogP contribution in [0.3, 0.4) is 0 Å². The Hall–Kier alpha value is -4.58. The lowest BCUT2D eigenvalue weighted by molar-refractivity contribution is 0.627. The zero-order valence-corrected chi connectivity index (χ0v) is 24.8. The second-order valence-electron chi connectivity index (χ2n) is 11.3. The van der Waals surface area contributed by atoms with Gasteiger partial charge in [-0.2, -0.15) is 0 Å². The van der Waals surface area contributed by atoms with E-state index in [9.17, 15) is 8.63 Å². The summed E-state index contributed by atoms with van der Waals surface area (Å²) in [7, 11) is -2.76. The van der Waals surface area contributed by atoms with E-state index in [2.05, 4.69) is 82.9 Å². The molecule has 0 radical (unpaired) electrons. The average molecular weight is 555 g/mol. The van der Waals surface area contributed by atoms with Crippen LogP contribution in [-0.4, -0.2) is 16.9 Å². The summed E-state index contributed by atoms with van der Waals surface area (Å²) in [4.78, 5) is 9.27. The number of nitrogens with zero attached hydrogens (tertiary/aromatic N) is 3. The molecule has 0 amide bonds. The van der Waals surface area contributed by atoms with Gasteiger partial charge in [-0.05, 0) is 140 Å². The molecule has 3 nitrogen and oxygen atoms in total. The van der Waals surface area contributed by atoms with Crippen molar-refractivity contribution in [3.63, 3.8) is 0 Å². The quantitative estimate of drug-likeness (QED) is 0.199. The van der Waals surface area contributed by atoms with E-state index in [4.69, 9.17) is 4.98 Å². The maximum absolute atomic E-state index is 14.5. The summed E-state index contributed by atoms with van der Waals surface area (Å²) in [5, 5.41) is 1.70. The Morgan fingerprint density at radius 1 is 0.595 bits per heavy atom. The van der Waals surface area contributed by atoms with Crippen molar-refractivity contribution in [3.05, 3.63) is 124 Å². The first-order valence-electron chi connectivity index (χ1n) is 14.1. The van der Waals surface area contributed by atoms with E-state index >= 15 is 0 Å². The Morgan fingerprint density at radius 3 is 1.69 bits per heavy atom. The lowest BCUT2D eigenvalue weighted by atomic mass is 9.93. The molecule has 0 spiro atoms. The minimum Gasteiger partial charge on any atom is -0.310 e. The fraction of sp³-hybridized carbons (Fsp3) is 0.167. The predicted molar refractivity (Wildman–Crippen MR) is 172 cm³/mol. The van der Waals surface area contributed by atoms with Crippen LogP contribution in [0.4, 0.5) is 14.4 Å². The van der Waals surface area contributed by atoms with Gasteiger partial charge in [0, 0.05) is 10.9 Å². The molecule has 0 atom stereocenters. The number of hydrogen-bond donors (Lipinski definition) is 0. The average Bonchev–Trinajstić information content (AvgIpc) is 2.91. The van der Waals surface area contributed by atoms with Gasteiger partial charge >= 0.3 is 7.40 Å². The van der Waals surface area contributed by atoms with E-state index in [-0.39, 0.29) is 5.49 Å². The lowest BCUT2D eigenvalue weighted by Crippen LogP contribution is -2.29. The van der Waals surface area contributed by atoms with Crippen LogP contribution in [0.15, 0.2) is 89.9 Å². The summed E-state index contributed by atoms with van der Waals surface area (Å²) in [6.45, 7) is 12.6. The summed E-state index contributed by atoms with van der Waals surface area (Å²) >= 11 is 0. The van der Waals surface area contributed by atoms with E-state index in [0.717, 1.165) is 37.5 Å². The normalized spacial score (nSPS) is 12.0. The van der Waals surface area contributed by atoms with Crippen LogP contribution >= 0.6 is 0 Å². The third-order valence-electron chi connectivity index (χ3n) is 7.98. The fourth-order valence-electron chi connectivity index (χ4n) is 6.45. The minimum atomic E-state index is -2.76. The predicted octanol–water partition coefficient (Wildman–Crippen LogP) is 9.38. The van der Waals surface area contributed by atoms with Crippen molar-refractivity contribution in [2.24, 2.45) is 4.99 Å². The van der Waals surface area contributed by atoms with Crippen LogP contribution in [0.5, 0.6) is 0 Å². The molecule has 208 valence electrons. The molecule has 6 rings (SSSR count). The molecule has 6 aromatic rings. The Bertz CT molecular complexity index is 2050. The molecule has 0 N–H and O–H groups in total. The third-order valence-corrected chi connectivity index (χ3v) is 7.98. The second-order valence-corrected chi connectivity index (χ2v) is 11.3. The summed E-state index contributed by atoms with van der Waals surface area (Å²) < 4.78 is 30.0. The molecule has 6 heteroatoms. The van der Waals surface area contributed by atoms with Crippen molar-refractivity contribution < 1.29 is 8.63 Å². The molecule has 0 fully saturated rings. The van der Waals surface area contributed by atoms with Gasteiger partial charge in [-0.1, -0.05) is 47.5 Å². The molecular formula is C36H32BF2N3. The SMILES string of the molecule is Cc1cc(C)c(-c2ccc3nc(/N=c4/ccc5cc(-c6c(C)cc(C)cc6C)ccc5n4B(F)F)ccc3c2)c(C)c1. The van der Waals surface area contributed by atoms with Gasteiger partial charge in [0.2, 0.25) is 0 Å². The van der Waals surface area contributed by atoms with Gasteiger partial charge in [-0.3, -0.25) is 8.63 Å². The first-order chi connectivity index (χ1) is 20.1. The monoisotopic (exact) mass is 555 g/mol. The highest BCUT2D eigenvalue weighted by Gasteiger charge is 2.21. The molecule has 42 heavy (non-hydrogen) atoms. The first kappa shape index (κ1) is 27.6. The molecule has 0 aliphatic heterocycles. The second kappa shape index (κ2) is 10.7. The van der Waals surface area contributed by atoms with E-state index in [1.807, 2.05) is 30.3 Å². The summed E-state index contributed by atoms with van der Waals surface area (Å²) in [6, 6.07) is 27.7.